The van der Waals surface area contributed by atoms with Crippen molar-refractivity contribution in [1.29, 1.82) is 0 Å². The van der Waals surface area contributed by atoms with Crippen molar-refractivity contribution in [3.05, 3.63) is 60.8 Å². The van der Waals surface area contributed by atoms with Gasteiger partial charge in [0.15, 0.2) is 0 Å². The van der Waals surface area contributed by atoms with Crippen LogP contribution in [-0.2, 0) is 6.54 Å². The minimum absolute atomic E-state index is 0.292. The summed E-state index contributed by atoms with van der Waals surface area (Å²) < 4.78 is 4.62. The Hall–Kier alpha value is -2.67. The third-order valence-corrected chi connectivity index (χ3v) is 6.25. The number of hydrogen-bond acceptors (Lipinski definition) is 2. The van der Waals surface area contributed by atoms with Gasteiger partial charge in [0.2, 0.25) is 5.78 Å². The highest BCUT2D eigenvalue weighted by Crippen LogP contribution is 2.26. The van der Waals surface area contributed by atoms with E-state index in [1.165, 1.54) is 29.2 Å². The molecule has 0 amide bonds. The van der Waals surface area contributed by atoms with Crippen LogP contribution in [-0.4, -0.2) is 64.9 Å². The third-order valence-electron chi connectivity index (χ3n) is 6.25. The van der Waals surface area contributed by atoms with Gasteiger partial charge in [0, 0.05) is 6.20 Å². The Morgan fingerprint density at radius 3 is 2.31 bits per heavy atom. The molecule has 0 bridgehead atoms. The molecular weight excluding hydrogens is 362 g/mol. The molecule has 1 saturated heterocycles. The zero-order chi connectivity index (χ0) is 19.6. The molecule has 0 aliphatic carbocycles. The Morgan fingerprint density at radius 2 is 1.55 bits per heavy atom. The number of rotatable bonds is 6. The molecule has 5 rings (SSSR count). The van der Waals surface area contributed by atoms with Crippen LogP contribution < -0.4 is 9.80 Å². The van der Waals surface area contributed by atoms with E-state index in [-0.39, 0.29) is 0 Å². The van der Waals surface area contributed by atoms with Gasteiger partial charge in [0.25, 0.3) is 0 Å². The summed E-state index contributed by atoms with van der Waals surface area (Å²) in [5.41, 5.74) is 4.66. The molecule has 3 heterocycles. The maximum Gasteiger partial charge on any atom is 0.215 e. The van der Waals surface area contributed by atoms with E-state index in [9.17, 15) is 5.11 Å². The van der Waals surface area contributed by atoms with E-state index in [1.807, 2.05) is 0 Å². The summed E-state index contributed by atoms with van der Waals surface area (Å²) >= 11 is 0. The first kappa shape index (κ1) is 18.4. The number of nitrogens with one attached hydrogen (secondary N) is 2. The number of aliphatic hydroxyl groups excluding tert-OH is 1. The maximum atomic E-state index is 9.17. The number of fused-ring (bicyclic) bond motifs is 3. The first-order valence-electron chi connectivity index (χ1n) is 10.6. The zero-order valence-corrected chi connectivity index (χ0v) is 16.7. The van der Waals surface area contributed by atoms with E-state index < -0.39 is 0 Å². The van der Waals surface area contributed by atoms with Gasteiger partial charge in [-0.15, -0.1) is 0 Å². The van der Waals surface area contributed by atoms with Crippen LogP contribution in [0.15, 0.2) is 60.8 Å². The van der Waals surface area contributed by atoms with Gasteiger partial charge < -0.3 is 19.5 Å². The van der Waals surface area contributed by atoms with Crippen molar-refractivity contribution in [2.75, 3.05) is 45.9 Å². The fraction of sp³-hybridized carbons (Fsp3) is 0.348. The molecule has 0 atom stereocenters. The first-order chi connectivity index (χ1) is 14.3. The van der Waals surface area contributed by atoms with Gasteiger partial charge in [-0.05, 0) is 17.7 Å². The minimum atomic E-state index is 0.292. The fourth-order valence-electron chi connectivity index (χ4n) is 4.59. The number of para-hydroxylation sites is 2. The van der Waals surface area contributed by atoms with Crippen molar-refractivity contribution >= 4 is 16.8 Å². The predicted molar refractivity (Wildman–Crippen MR) is 114 cm³/mol. The molecule has 2 aromatic heterocycles. The molecule has 0 spiro atoms. The number of benzene rings is 2. The summed E-state index contributed by atoms with van der Waals surface area (Å²) in [4.78, 5) is 8.12. The maximum absolute atomic E-state index is 9.17. The molecule has 2 aromatic carbocycles. The zero-order valence-electron chi connectivity index (χ0n) is 16.7. The lowest BCUT2D eigenvalue weighted by Crippen LogP contribution is -3.28. The summed E-state index contributed by atoms with van der Waals surface area (Å²) in [6.45, 7) is 7.86. The number of quaternary nitrogens is 2. The van der Waals surface area contributed by atoms with Crippen LogP contribution in [0.4, 0.5) is 0 Å². The van der Waals surface area contributed by atoms with Crippen LogP contribution in [0.1, 0.15) is 0 Å². The molecule has 0 saturated carbocycles. The summed E-state index contributed by atoms with van der Waals surface area (Å²) in [5.74, 6) is 1.02. The normalized spacial score (nSPS) is 19.9. The van der Waals surface area contributed by atoms with Crippen molar-refractivity contribution in [3.63, 3.8) is 0 Å². The number of nitrogens with zero attached hydrogens (tertiary/aromatic N) is 3. The Bertz CT molecular complexity index is 1090. The Balaban J connectivity index is 1.45. The second-order valence-electron chi connectivity index (χ2n) is 8.03. The average Bonchev–Trinajstić information content (AvgIpc) is 3.30. The number of imidazole rings is 2. The molecule has 3 N–H and O–H groups in total. The average molecular weight is 392 g/mol. The molecular formula is C23H29N5O+2. The Morgan fingerprint density at radius 1 is 0.862 bits per heavy atom. The SMILES string of the molecule is OCC[NH+]1CC[NH+](CCn2c(-c3ccccc3)cn3c4ccccc4nc23)CC1. The van der Waals surface area contributed by atoms with Crippen LogP contribution in [0.5, 0.6) is 0 Å². The highest BCUT2D eigenvalue weighted by Gasteiger charge is 2.23. The molecule has 29 heavy (non-hydrogen) atoms. The number of aromatic nitrogens is 3. The van der Waals surface area contributed by atoms with Crippen molar-refractivity contribution in [2.45, 2.75) is 6.54 Å². The molecule has 0 unspecified atom stereocenters. The summed E-state index contributed by atoms with van der Waals surface area (Å²) in [5, 5.41) is 9.17. The van der Waals surface area contributed by atoms with E-state index in [0.29, 0.717) is 6.61 Å². The predicted octanol–water partition coefficient (Wildman–Crippen LogP) is -0.268. The number of hydrogen-bond donors (Lipinski definition) is 3. The van der Waals surface area contributed by atoms with Crippen LogP contribution in [0.25, 0.3) is 28.1 Å². The van der Waals surface area contributed by atoms with E-state index in [0.717, 1.165) is 49.5 Å². The van der Waals surface area contributed by atoms with E-state index in [4.69, 9.17) is 4.98 Å². The quantitative estimate of drug-likeness (QED) is 0.424. The number of piperazine rings is 1. The van der Waals surface area contributed by atoms with Gasteiger partial charge in [-0.2, -0.15) is 0 Å². The van der Waals surface area contributed by atoms with Crippen molar-refractivity contribution in [3.8, 4) is 11.3 Å². The summed E-state index contributed by atoms with van der Waals surface area (Å²) in [6, 6.07) is 19.0. The summed E-state index contributed by atoms with van der Waals surface area (Å²) in [7, 11) is 0. The smallest absolute Gasteiger partial charge is 0.215 e. The lowest BCUT2D eigenvalue weighted by atomic mass is 10.1. The molecule has 4 aromatic rings. The number of aliphatic hydroxyl groups is 1. The van der Waals surface area contributed by atoms with Gasteiger partial charge in [0.05, 0.1) is 36.4 Å². The molecule has 0 radical (unpaired) electrons. The van der Waals surface area contributed by atoms with Gasteiger partial charge in [-0.25, -0.2) is 4.98 Å². The van der Waals surface area contributed by atoms with Crippen LogP contribution >= 0.6 is 0 Å². The Kier molecular flexibility index (Phi) is 5.06. The van der Waals surface area contributed by atoms with Crippen LogP contribution in [0.2, 0.25) is 0 Å². The van der Waals surface area contributed by atoms with E-state index in [2.05, 4.69) is 69.8 Å². The molecule has 1 aliphatic heterocycles. The fourth-order valence-corrected chi connectivity index (χ4v) is 4.59. The van der Waals surface area contributed by atoms with Crippen LogP contribution in [0.3, 0.4) is 0 Å². The minimum Gasteiger partial charge on any atom is -0.391 e. The second kappa shape index (κ2) is 7.99. The highest BCUT2D eigenvalue weighted by atomic mass is 16.3. The Labute approximate surface area is 170 Å². The molecule has 6 nitrogen and oxygen atoms in total. The van der Waals surface area contributed by atoms with E-state index in [1.54, 1.807) is 4.90 Å². The van der Waals surface area contributed by atoms with Crippen molar-refractivity contribution < 1.29 is 14.9 Å². The lowest BCUT2D eigenvalue weighted by molar-refractivity contribution is -1.01. The summed E-state index contributed by atoms with van der Waals surface area (Å²) in [6.07, 6.45) is 2.23. The van der Waals surface area contributed by atoms with E-state index >= 15 is 0 Å². The van der Waals surface area contributed by atoms with Gasteiger partial charge in [-0.3, -0.25) is 4.40 Å². The van der Waals surface area contributed by atoms with Crippen LogP contribution in [0, 0.1) is 0 Å². The highest BCUT2D eigenvalue weighted by molar-refractivity contribution is 5.81. The van der Waals surface area contributed by atoms with Gasteiger partial charge >= 0.3 is 0 Å². The van der Waals surface area contributed by atoms with Crippen molar-refractivity contribution in [2.24, 2.45) is 0 Å². The third kappa shape index (κ3) is 3.55. The van der Waals surface area contributed by atoms with Gasteiger partial charge in [-0.1, -0.05) is 42.5 Å². The standard InChI is InChI=1S/C23H27N5O/c29-17-16-26-12-10-25(11-13-26)14-15-27-22(19-6-2-1-3-7-19)18-28-21-9-5-4-8-20(21)24-23(27)28/h1-9,18,29H,10-17H2/p+2. The molecule has 1 fully saturated rings. The topological polar surface area (TPSA) is 51.3 Å². The lowest BCUT2D eigenvalue weighted by Gasteiger charge is -2.29. The largest absolute Gasteiger partial charge is 0.391 e. The first-order valence-corrected chi connectivity index (χ1v) is 10.6. The molecule has 1 aliphatic rings. The van der Waals surface area contributed by atoms with Crippen molar-refractivity contribution in [1.82, 2.24) is 14.0 Å². The van der Waals surface area contributed by atoms with Gasteiger partial charge in [0.1, 0.15) is 32.7 Å². The molecule has 150 valence electrons. The monoisotopic (exact) mass is 391 g/mol. The second-order valence-corrected chi connectivity index (χ2v) is 8.03. The molecule has 6 heteroatoms.